The Balaban J connectivity index is 1.49. The van der Waals surface area contributed by atoms with Crippen LogP contribution in [-0.2, 0) is 20.4 Å². The molecule has 3 aromatic carbocycles. The fourth-order valence-corrected chi connectivity index (χ4v) is 6.85. The van der Waals surface area contributed by atoms with E-state index in [1.807, 2.05) is 24.3 Å². The van der Waals surface area contributed by atoms with Crippen LogP contribution in [-0.4, -0.2) is 18.6 Å². The summed E-state index contributed by atoms with van der Waals surface area (Å²) in [6.45, 7) is 4.41. The number of hydrogen-bond donors (Lipinski definition) is 0. The lowest BCUT2D eigenvalue weighted by Gasteiger charge is -2.57. The third-order valence-electron chi connectivity index (χ3n) is 8.26. The molecule has 5 nitrogen and oxygen atoms in total. The number of rotatable bonds is 1. The van der Waals surface area contributed by atoms with Gasteiger partial charge in [0.25, 0.3) is 0 Å². The highest BCUT2D eigenvalue weighted by molar-refractivity contribution is 6.24. The molecule has 2 aliphatic heterocycles. The predicted molar refractivity (Wildman–Crippen MR) is 118 cm³/mol. The largest absolute Gasteiger partial charge is 0.454 e. The summed E-state index contributed by atoms with van der Waals surface area (Å²) in [5.41, 5.74) is 3.99. The van der Waals surface area contributed by atoms with Gasteiger partial charge < -0.3 is 9.47 Å². The molecule has 5 aliphatic rings. The lowest BCUT2D eigenvalue weighted by molar-refractivity contribution is -0.124. The Hall–Kier alpha value is -3.60. The van der Waals surface area contributed by atoms with Gasteiger partial charge in [0.15, 0.2) is 11.5 Å². The Morgan fingerprint density at radius 1 is 0.719 bits per heavy atom. The number of benzene rings is 3. The molecule has 0 spiro atoms. The Labute approximate surface area is 185 Å². The summed E-state index contributed by atoms with van der Waals surface area (Å²) >= 11 is 0. The number of anilines is 1. The van der Waals surface area contributed by atoms with Crippen molar-refractivity contribution < 1.29 is 19.1 Å². The number of nitrogens with zero attached hydrogens (tertiary/aromatic N) is 1. The molecule has 5 heteroatoms. The van der Waals surface area contributed by atoms with Crippen molar-refractivity contribution in [3.05, 3.63) is 89.0 Å². The van der Waals surface area contributed by atoms with Gasteiger partial charge in [-0.05, 0) is 34.4 Å². The predicted octanol–water partition coefficient (Wildman–Crippen LogP) is 4.16. The Morgan fingerprint density at radius 2 is 1.19 bits per heavy atom. The van der Waals surface area contributed by atoms with Crippen LogP contribution in [0.1, 0.15) is 36.1 Å². The number of fused-ring (bicyclic) bond motifs is 1. The first-order valence-electron chi connectivity index (χ1n) is 10.9. The molecule has 0 aromatic heterocycles. The van der Waals surface area contributed by atoms with Crippen molar-refractivity contribution in [2.24, 2.45) is 11.8 Å². The number of ether oxygens (including phenoxy) is 2. The van der Waals surface area contributed by atoms with Crippen molar-refractivity contribution in [3.8, 4) is 11.5 Å². The van der Waals surface area contributed by atoms with Gasteiger partial charge in [-0.15, -0.1) is 0 Å². The fraction of sp³-hybridized carbons (Fsp3) is 0.259. The van der Waals surface area contributed by atoms with E-state index >= 15 is 0 Å². The van der Waals surface area contributed by atoms with Crippen LogP contribution in [0, 0.1) is 11.8 Å². The SMILES string of the molecule is CC12c3ccccc3C(C)(c3ccccc31)[C@H]1C(=O)N(c3ccc4c(c3)OCO4)C(=O)[C@@H]12. The molecule has 2 amide bonds. The van der Waals surface area contributed by atoms with E-state index in [4.69, 9.17) is 9.47 Å². The molecule has 0 unspecified atom stereocenters. The van der Waals surface area contributed by atoms with Crippen LogP contribution in [0.4, 0.5) is 5.69 Å². The van der Waals surface area contributed by atoms with Gasteiger partial charge in [0.1, 0.15) is 0 Å². The van der Waals surface area contributed by atoms with Crippen molar-refractivity contribution in [3.63, 3.8) is 0 Å². The lowest BCUT2D eigenvalue weighted by atomic mass is 9.42. The van der Waals surface area contributed by atoms with Gasteiger partial charge in [0, 0.05) is 16.9 Å². The summed E-state index contributed by atoms with van der Waals surface area (Å²) in [5.74, 6) is -0.0207. The highest BCUT2D eigenvalue weighted by Gasteiger charge is 2.70. The fourth-order valence-electron chi connectivity index (χ4n) is 6.85. The second-order valence-corrected chi connectivity index (χ2v) is 9.50. The first-order chi connectivity index (χ1) is 15.5. The summed E-state index contributed by atoms with van der Waals surface area (Å²) in [6.07, 6.45) is 0. The highest BCUT2D eigenvalue weighted by atomic mass is 16.7. The maximum Gasteiger partial charge on any atom is 0.238 e. The van der Waals surface area contributed by atoms with E-state index in [1.165, 1.54) is 4.90 Å². The zero-order valence-electron chi connectivity index (χ0n) is 17.8. The number of imide groups is 1. The molecule has 1 saturated heterocycles. The zero-order valence-corrected chi connectivity index (χ0v) is 17.8. The van der Waals surface area contributed by atoms with Crippen molar-refractivity contribution >= 4 is 17.5 Å². The number of carbonyl (C=O) groups is 2. The monoisotopic (exact) mass is 423 g/mol. The van der Waals surface area contributed by atoms with E-state index < -0.39 is 22.7 Å². The quantitative estimate of drug-likeness (QED) is 0.552. The normalized spacial score (nSPS) is 30.9. The van der Waals surface area contributed by atoms with Gasteiger partial charge in [-0.3, -0.25) is 9.59 Å². The average Bonchev–Trinajstić information content (AvgIpc) is 3.39. The summed E-state index contributed by atoms with van der Waals surface area (Å²) in [4.78, 5) is 29.5. The molecule has 158 valence electrons. The molecule has 3 aromatic rings. The lowest BCUT2D eigenvalue weighted by Crippen LogP contribution is -2.59. The van der Waals surface area contributed by atoms with E-state index in [-0.39, 0.29) is 18.6 Å². The van der Waals surface area contributed by atoms with Crippen LogP contribution in [0.3, 0.4) is 0 Å². The van der Waals surface area contributed by atoms with Crippen molar-refractivity contribution in [2.75, 3.05) is 11.7 Å². The second-order valence-electron chi connectivity index (χ2n) is 9.50. The van der Waals surface area contributed by atoms with Crippen LogP contribution >= 0.6 is 0 Å². The summed E-state index contributed by atoms with van der Waals surface area (Å²) in [5, 5.41) is 0. The maximum absolute atomic E-state index is 14.0. The summed E-state index contributed by atoms with van der Waals surface area (Å²) in [6, 6.07) is 21.9. The molecule has 2 atom stereocenters. The van der Waals surface area contributed by atoms with E-state index in [0.717, 1.165) is 22.3 Å². The minimum atomic E-state index is -0.576. The molecule has 32 heavy (non-hydrogen) atoms. The zero-order chi connectivity index (χ0) is 21.8. The Morgan fingerprint density at radius 3 is 1.69 bits per heavy atom. The van der Waals surface area contributed by atoms with Gasteiger partial charge in [0.05, 0.1) is 17.5 Å². The van der Waals surface area contributed by atoms with Crippen LogP contribution < -0.4 is 14.4 Å². The van der Waals surface area contributed by atoms with Crippen molar-refractivity contribution in [1.82, 2.24) is 0 Å². The third-order valence-corrected chi connectivity index (χ3v) is 8.26. The van der Waals surface area contributed by atoms with Crippen LogP contribution in [0.15, 0.2) is 66.7 Å². The van der Waals surface area contributed by atoms with E-state index in [1.54, 1.807) is 18.2 Å². The topological polar surface area (TPSA) is 55.8 Å². The molecule has 2 bridgehead atoms. The minimum Gasteiger partial charge on any atom is -0.454 e. The molecular formula is C27H21NO4. The van der Waals surface area contributed by atoms with E-state index in [9.17, 15) is 9.59 Å². The highest BCUT2D eigenvalue weighted by Crippen LogP contribution is 2.66. The average molecular weight is 423 g/mol. The Bertz CT molecular complexity index is 1240. The third kappa shape index (κ3) is 1.80. The van der Waals surface area contributed by atoms with E-state index in [2.05, 4.69) is 38.1 Å². The van der Waals surface area contributed by atoms with Gasteiger partial charge in [-0.1, -0.05) is 62.4 Å². The van der Waals surface area contributed by atoms with Crippen LogP contribution in [0.5, 0.6) is 11.5 Å². The first kappa shape index (κ1) is 18.0. The second kappa shape index (κ2) is 5.60. The molecule has 0 N–H and O–H groups in total. The van der Waals surface area contributed by atoms with Gasteiger partial charge in [-0.2, -0.15) is 0 Å². The molecular weight excluding hydrogens is 402 g/mol. The van der Waals surface area contributed by atoms with Crippen molar-refractivity contribution in [1.29, 1.82) is 0 Å². The van der Waals surface area contributed by atoms with Gasteiger partial charge in [-0.25, -0.2) is 4.90 Å². The molecule has 0 radical (unpaired) electrons. The number of carbonyl (C=O) groups excluding carboxylic acids is 2. The van der Waals surface area contributed by atoms with Crippen LogP contribution in [0.25, 0.3) is 0 Å². The molecule has 3 aliphatic carbocycles. The van der Waals surface area contributed by atoms with Crippen LogP contribution in [0.2, 0.25) is 0 Å². The summed E-state index contributed by atoms with van der Waals surface area (Å²) in [7, 11) is 0. The standard InChI is InChI=1S/C27H21NO4/c1-26-16-7-3-5-9-18(16)27(2,19-10-6-4-8-17(19)26)23-22(26)24(29)28(25(23)30)15-11-12-20-21(13-15)32-14-31-20/h3-13,22-23H,14H2,1-2H3/t22-,23-,26?,27?/m1/s1. The first-order valence-corrected chi connectivity index (χ1v) is 10.9. The maximum atomic E-state index is 14.0. The van der Waals surface area contributed by atoms with Gasteiger partial charge in [0.2, 0.25) is 18.6 Å². The molecule has 0 saturated carbocycles. The molecule has 1 fully saturated rings. The number of amides is 2. The van der Waals surface area contributed by atoms with Gasteiger partial charge >= 0.3 is 0 Å². The minimum absolute atomic E-state index is 0.142. The molecule has 8 rings (SSSR count). The number of hydrogen-bond acceptors (Lipinski definition) is 4. The van der Waals surface area contributed by atoms with E-state index in [0.29, 0.717) is 17.2 Å². The smallest absolute Gasteiger partial charge is 0.238 e. The molecule has 2 heterocycles. The van der Waals surface area contributed by atoms with Crippen molar-refractivity contribution in [2.45, 2.75) is 24.7 Å². The summed E-state index contributed by atoms with van der Waals surface area (Å²) < 4.78 is 10.9. The Kier molecular flexibility index (Phi) is 3.15.